The van der Waals surface area contributed by atoms with Crippen molar-refractivity contribution in [3.8, 4) is 16.9 Å². The van der Waals surface area contributed by atoms with Crippen LogP contribution in [0.3, 0.4) is 0 Å². The van der Waals surface area contributed by atoms with E-state index in [1.807, 2.05) is 6.07 Å². The fraction of sp³-hybridized carbons (Fsp3) is 0. The fourth-order valence-electron chi connectivity index (χ4n) is 2.15. The first kappa shape index (κ1) is 14.4. The Kier molecular flexibility index (Phi) is 3.73. The number of hydrogen-bond acceptors (Lipinski definition) is 2. The summed E-state index contributed by atoms with van der Waals surface area (Å²) in [5.74, 6) is -1.74. The first-order chi connectivity index (χ1) is 10.6. The zero-order valence-electron chi connectivity index (χ0n) is 11.1. The molecule has 22 heavy (non-hydrogen) atoms. The van der Waals surface area contributed by atoms with Crippen LogP contribution < -0.4 is 0 Å². The van der Waals surface area contributed by atoms with E-state index in [0.717, 1.165) is 12.1 Å². The molecule has 0 aliphatic heterocycles. The van der Waals surface area contributed by atoms with Gasteiger partial charge in [0.05, 0.1) is 16.8 Å². The van der Waals surface area contributed by atoms with E-state index in [2.05, 4.69) is 5.10 Å². The van der Waals surface area contributed by atoms with Crippen LogP contribution in [-0.4, -0.2) is 16.1 Å². The number of carbonyl (C=O) groups is 1. The maximum absolute atomic E-state index is 14.0. The molecule has 0 amide bonds. The Balaban J connectivity index is 2.20. The fourth-order valence-corrected chi connectivity index (χ4v) is 2.34. The van der Waals surface area contributed by atoms with E-state index in [0.29, 0.717) is 12.0 Å². The van der Waals surface area contributed by atoms with Crippen LogP contribution in [0.4, 0.5) is 8.78 Å². The molecular weight excluding hydrogens is 310 g/mol. The number of aromatic nitrogens is 2. The highest BCUT2D eigenvalue weighted by Gasteiger charge is 2.20. The molecule has 3 nitrogen and oxygen atoms in total. The lowest BCUT2D eigenvalue weighted by Crippen LogP contribution is -1.96. The molecule has 1 heterocycles. The zero-order valence-corrected chi connectivity index (χ0v) is 11.9. The number of hydrogen-bond donors (Lipinski definition) is 0. The van der Waals surface area contributed by atoms with Gasteiger partial charge in [-0.1, -0.05) is 29.8 Å². The van der Waals surface area contributed by atoms with Crippen LogP contribution in [0.15, 0.2) is 48.7 Å². The van der Waals surface area contributed by atoms with Gasteiger partial charge in [-0.3, -0.25) is 4.79 Å². The van der Waals surface area contributed by atoms with Gasteiger partial charge < -0.3 is 0 Å². The smallest absolute Gasteiger partial charge is 0.153 e. The monoisotopic (exact) mass is 318 g/mol. The zero-order chi connectivity index (χ0) is 15.7. The molecule has 0 unspecified atom stereocenters. The Labute approximate surface area is 129 Å². The summed E-state index contributed by atoms with van der Waals surface area (Å²) in [5, 5.41) is 4.07. The summed E-state index contributed by atoms with van der Waals surface area (Å²) in [4.78, 5) is 11.2. The van der Waals surface area contributed by atoms with Crippen LogP contribution >= 0.6 is 11.6 Å². The molecule has 3 rings (SSSR count). The number of halogens is 3. The van der Waals surface area contributed by atoms with Crippen molar-refractivity contribution in [2.24, 2.45) is 0 Å². The number of rotatable bonds is 3. The molecule has 0 aliphatic rings. The molecule has 0 atom stereocenters. The van der Waals surface area contributed by atoms with Crippen LogP contribution in [-0.2, 0) is 0 Å². The van der Waals surface area contributed by atoms with E-state index in [1.54, 1.807) is 24.3 Å². The minimum absolute atomic E-state index is 0.0612. The van der Waals surface area contributed by atoms with Gasteiger partial charge >= 0.3 is 0 Å². The van der Waals surface area contributed by atoms with Gasteiger partial charge in [0.15, 0.2) is 6.29 Å². The topological polar surface area (TPSA) is 34.9 Å². The number of carbonyl (C=O) groups excluding carboxylic acids is 1. The molecule has 0 N–H and O–H groups in total. The lowest BCUT2D eigenvalue weighted by atomic mass is 10.1. The van der Waals surface area contributed by atoms with E-state index in [9.17, 15) is 13.6 Å². The average molecular weight is 319 g/mol. The van der Waals surface area contributed by atoms with Crippen LogP contribution in [0, 0.1) is 11.6 Å². The first-order valence-electron chi connectivity index (χ1n) is 6.35. The van der Waals surface area contributed by atoms with E-state index in [4.69, 9.17) is 11.6 Å². The summed E-state index contributed by atoms with van der Waals surface area (Å²) in [5.41, 5.74) is 0.322. The van der Waals surface area contributed by atoms with Gasteiger partial charge in [0.1, 0.15) is 17.3 Å². The van der Waals surface area contributed by atoms with Crippen molar-refractivity contribution in [3.05, 3.63) is 70.9 Å². The molecular formula is C16H9ClF2N2O. The third-order valence-electron chi connectivity index (χ3n) is 3.13. The normalized spacial score (nSPS) is 10.7. The molecule has 110 valence electrons. The maximum atomic E-state index is 14.0. The van der Waals surface area contributed by atoms with Gasteiger partial charge in [-0.25, -0.2) is 13.5 Å². The Bertz CT molecular complexity index is 824. The van der Waals surface area contributed by atoms with Crippen molar-refractivity contribution in [2.75, 3.05) is 0 Å². The Morgan fingerprint density at radius 2 is 1.73 bits per heavy atom. The van der Waals surface area contributed by atoms with Crippen molar-refractivity contribution in [1.82, 2.24) is 9.78 Å². The predicted molar refractivity (Wildman–Crippen MR) is 79.3 cm³/mol. The van der Waals surface area contributed by atoms with Crippen molar-refractivity contribution in [3.63, 3.8) is 0 Å². The summed E-state index contributed by atoms with van der Waals surface area (Å²) in [6.07, 6.45) is 1.93. The molecule has 0 saturated carbocycles. The van der Waals surface area contributed by atoms with Gasteiger partial charge in [0.2, 0.25) is 0 Å². The molecule has 6 heteroatoms. The summed E-state index contributed by atoms with van der Waals surface area (Å²) in [7, 11) is 0. The van der Waals surface area contributed by atoms with Crippen molar-refractivity contribution in [2.45, 2.75) is 0 Å². The standard InChI is InChI=1S/C16H9ClF2N2O/c17-11-6-13(18)15(14(19)7-11)16-10(9-22)8-21(20-16)12-4-2-1-3-5-12/h1-9H. The van der Waals surface area contributed by atoms with Crippen molar-refractivity contribution in [1.29, 1.82) is 0 Å². The molecule has 0 aliphatic carbocycles. The van der Waals surface area contributed by atoms with E-state index in [-0.39, 0.29) is 21.8 Å². The van der Waals surface area contributed by atoms with Crippen molar-refractivity contribution < 1.29 is 13.6 Å². The Morgan fingerprint density at radius 1 is 1.09 bits per heavy atom. The van der Waals surface area contributed by atoms with Crippen LogP contribution in [0.5, 0.6) is 0 Å². The van der Waals surface area contributed by atoms with Crippen molar-refractivity contribution >= 4 is 17.9 Å². The van der Waals surface area contributed by atoms with Gasteiger partial charge in [-0.2, -0.15) is 5.10 Å². The molecule has 0 bridgehead atoms. The number of aldehydes is 1. The third kappa shape index (κ3) is 2.51. The summed E-state index contributed by atoms with van der Waals surface area (Å²) >= 11 is 5.61. The molecule has 0 radical (unpaired) electrons. The quantitative estimate of drug-likeness (QED) is 0.675. The second-order valence-corrected chi connectivity index (χ2v) is 5.01. The number of nitrogens with zero attached hydrogens (tertiary/aromatic N) is 2. The molecule has 0 saturated heterocycles. The van der Waals surface area contributed by atoms with Crippen LogP contribution in [0.25, 0.3) is 16.9 Å². The molecule has 1 aromatic heterocycles. The van der Waals surface area contributed by atoms with Crippen LogP contribution in [0.1, 0.15) is 10.4 Å². The largest absolute Gasteiger partial charge is 0.298 e. The van der Waals surface area contributed by atoms with Gasteiger partial charge in [0.25, 0.3) is 0 Å². The maximum Gasteiger partial charge on any atom is 0.153 e. The molecule has 0 spiro atoms. The lowest BCUT2D eigenvalue weighted by molar-refractivity contribution is 0.112. The molecule has 2 aromatic carbocycles. The molecule has 0 fully saturated rings. The second-order valence-electron chi connectivity index (χ2n) is 4.58. The highest BCUT2D eigenvalue weighted by molar-refractivity contribution is 6.30. The van der Waals surface area contributed by atoms with Gasteiger partial charge in [-0.05, 0) is 24.3 Å². The highest BCUT2D eigenvalue weighted by Crippen LogP contribution is 2.30. The Morgan fingerprint density at radius 3 is 2.32 bits per heavy atom. The van der Waals surface area contributed by atoms with E-state index in [1.165, 1.54) is 10.9 Å². The second kappa shape index (κ2) is 5.69. The lowest BCUT2D eigenvalue weighted by Gasteiger charge is -2.04. The summed E-state index contributed by atoms with van der Waals surface area (Å²) < 4.78 is 29.5. The van der Waals surface area contributed by atoms with E-state index >= 15 is 0 Å². The highest BCUT2D eigenvalue weighted by atomic mass is 35.5. The van der Waals surface area contributed by atoms with Gasteiger partial charge in [0, 0.05) is 11.2 Å². The Hall–Kier alpha value is -2.53. The summed E-state index contributed by atoms with van der Waals surface area (Å²) in [6, 6.07) is 10.9. The molecule has 3 aromatic rings. The predicted octanol–water partition coefficient (Wildman–Crippen LogP) is 4.28. The minimum atomic E-state index is -0.869. The SMILES string of the molecule is O=Cc1cn(-c2ccccc2)nc1-c1c(F)cc(Cl)cc1F. The third-order valence-corrected chi connectivity index (χ3v) is 3.35. The van der Waals surface area contributed by atoms with Crippen LogP contribution in [0.2, 0.25) is 5.02 Å². The average Bonchev–Trinajstić information content (AvgIpc) is 2.91. The first-order valence-corrected chi connectivity index (χ1v) is 6.73. The number of para-hydroxylation sites is 1. The minimum Gasteiger partial charge on any atom is -0.298 e. The van der Waals surface area contributed by atoms with Gasteiger partial charge in [-0.15, -0.1) is 0 Å². The summed E-state index contributed by atoms with van der Waals surface area (Å²) in [6.45, 7) is 0. The number of benzene rings is 2. The van der Waals surface area contributed by atoms with E-state index < -0.39 is 11.6 Å².